The molecule has 0 radical (unpaired) electrons. The summed E-state index contributed by atoms with van der Waals surface area (Å²) in [6.07, 6.45) is -1.69. The average molecular weight is 483 g/mol. The van der Waals surface area contributed by atoms with Gasteiger partial charge < -0.3 is 20.3 Å². The molecule has 0 spiro atoms. The second kappa shape index (κ2) is 7.65. The highest BCUT2D eigenvalue weighted by Crippen LogP contribution is 2.34. The molecular formula is C23H19F2N5O5. The number of imide groups is 1. The van der Waals surface area contributed by atoms with Gasteiger partial charge in [0.25, 0.3) is 11.8 Å². The van der Waals surface area contributed by atoms with Crippen LogP contribution >= 0.6 is 0 Å². The fourth-order valence-corrected chi connectivity index (χ4v) is 5.10. The number of nitrogens with zero attached hydrogens (tertiary/aromatic N) is 3. The van der Waals surface area contributed by atoms with Gasteiger partial charge in [-0.3, -0.25) is 19.4 Å². The summed E-state index contributed by atoms with van der Waals surface area (Å²) < 4.78 is 35.3. The predicted octanol–water partition coefficient (Wildman–Crippen LogP) is 1.46. The Morgan fingerprint density at radius 3 is 2.03 bits per heavy atom. The Morgan fingerprint density at radius 1 is 0.886 bits per heavy atom. The van der Waals surface area contributed by atoms with E-state index in [-0.39, 0.29) is 66.8 Å². The second-order valence-electron chi connectivity index (χ2n) is 8.88. The van der Waals surface area contributed by atoms with E-state index in [1.165, 1.54) is 4.90 Å². The van der Waals surface area contributed by atoms with E-state index in [1.54, 1.807) is 24.3 Å². The van der Waals surface area contributed by atoms with Gasteiger partial charge in [-0.15, -0.1) is 0 Å². The van der Waals surface area contributed by atoms with Gasteiger partial charge in [0.05, 0.1) is 42.0 Å². The number of amides is 5. The SMILES string of the molecule is O=C1NC2CN(c3c(F)cc(N4C[C@H](CN5C(=O)c6ccccc6C5=O)OC4=O)cc3F)CC2N1. The summed E-state index contributed by atoms with van der Waals surface area (Å²) in [7, 11) is 0. The zero-order valence-corrected chi connectivity index (χ0v) is 18.2. The Hall–Kier alpha value is -4.22. The van der Waals surface area contributed by atoms with Crippen LogP contribution in [0.25, 0.3) is 0 Å². The van der Waals surface area contributed by atoms with Crippen LogP contribution in [0.4, 0.5) is 29.7 Å². The minimum atomic E-state index is -0.858. The van der Waals surface area contributed by atoms with Gasteiger partial charge in [0.2, 0.25) is 0 Å². The number of carbonyl (C=O) groups is 4. The third-order valence-corrected chi connectivity index (χ3v) is 6.72. The third kappa shape index (κ3) is 3.35. The summed E-state index contributed by atoms with van der Waals surface area (Å²) >= 11 is 0. The lowest BCUT2D eigenvalue weighted by atomic mass is 10.1. The van der Waals surface area contributed by atoms with E-state index in [9.17, 15) is 19.2 Å². The summed E-state index contributed by atoms with van der Waals surface area (Å²) in [6.45, 7) is 0.219. The molecule has 0 aromatic heterocycles. The van der Waals surface area contributed by atoms with Crippen LogP contribution in [0.15, 0.2) is 36.4 Å². The number of hydrogen-bond donors (Lipinski definition) is 2. The van der Waals surface area contributed by atoms with Crippen molar-refractivity contribution < 1.29 is 32.7 Å². The highest BCUT2D eigenvalue weighted by atomic mass is 19.1. The van der Waals surface area contributed by atoms with Gasteiger partial charge in [0.15, 0.2) is 11.6 Å². The van der Waals surface area contributed by atoms with Crippen molar-refractivity contribution in [2.24, 2.45) is 0 Å². The molecule has 4 aliphatic heterocycles. The summed E-state index contributed by atoms with van der Waals surface area (Å²) in [5.41, 5.74) is 0.275. The molecule has 0 bridgehead atoms. The quantitative estimate of drug-likeness (QED) is 0.637. The smallest absolute Gasteiger partial charge is 0.414 e. The molecule has 180 valence electrons. The molecule has 3 atom stereocenters. The topological polar surface area (TPSA) is 111 Å². The Kier molecular flexibility index (Phi) is 4.66. The molecule has 0 saturated carbocycles. The van der Waals surface area contributed by atoms with E-state index in [4.69, 9.17) is 4.74 Å². The number of carbonyl (C=O) groups excluding carboxylic acids is 4. The molecule has 0 aliphatic carbocycles. The van der Waals surface area contributed by atoms with Crippen molar-refractivity contribution >= 4 is 35.3 Å². The van der Waals surface area contributed by atoms with Gasteiger partial charge in [0, 0.05) is 25.2 Å². The summed E-state index contributed by atoms with van der Waals surface area (Å²) in [4.78, 5) is 52.6. The molecule has 2 unspecified atom stereocenters. The van der Waals surface area contributed by atoms with Crippen LogP contribution in [0.1, 0.15) is 20.7 Å². The Labute approximate surface area is 197 Å². The number of nitrogens with one attached hydrogen (secondary N) is 2. The molecule has 3 saturated heterocycles. The fraction of sp³-hybridized carbons (Fsp3) is 0.304. The number of halogens is 2. The summed E-state index contributed by atoms with van der Waals surface area (Å²) in [5.74, 6) is -2.68. The molecule has 2 N–H and O–H groups in total. The molecule has 4 aliphatic rings. The van der Waals surface area contributed by atoms with Crippen molar-refractivity contribution in [3.05, 3.63) is 59.2 Å². The maximum Gasteiger partial charge on any atom is 0.414 e. The van der Waals surface area contributed by atoms with E-state index in [2.05, 4.69) is 10.6 Å². The third-order valence-electron chi connectivity index (χ3n) is 6.72. The number of cyclic esters (lactones) is 1. The zero-order chi connectivity index (χ0) is 24.4. The Morgan fingerprint density at radius 2 is 1.46 bits per heavy atom. The van der Waals surface area contributed by atoms with Crippen molar-refractivity contribution in [3.63, 3.8) is 0 Å². The largest absolute Gasteiger partial charge is 0.442 e. The van der Waals surface area contributed by atoms with E-state index >= 15 is 8.78 Å². The van der Waals surface area contributed by atoms with Crippen LogP contribution in [0, 0.1) is 11.6 Å². The zero-order valence-electron chi connectivity index (χ0n) is 18.2. The molecule has 2 aromatic rings. The molecule has 3 fully saturated rings. The van der Waals surface area contributed by atoms with Gasteiger partial charge in [-0.05, 0) is 12.1 Å². The average Bonchev–Trinajstić information content (AvgIpc) is 3.52. The number of fused-ring (bicyclic) bond motifs is 2. The Bertz CT molecular complexity index is 1230. The number of anilines is 2. The van der Waals surface area contributed by atoms with Crippen molar-refractivity contribution in [3.8, 4) is 0 Å². The number of rotatable bonds is 4. The lowest BCUT2D eigenvalue weighted by Gasteiger charge is -2.22. The van der Waals surface area contributed by atoms with Crippen LogP contribution in [-0.2, 0) is 4.74 Å². The molecule has 2 aromatic carbocycles. The first-order valence-corrected chi connectivity index (χ1v) is 11.0. The second-order valence-corrected chi connectivity index (χ2v) is 8.88. The van der Waals surface area contributed by atoms with E-state index < -0.39 is 35.6 Å². The summed E-state index contributed by atoms with van der Waals surface area (Å²) in [6, 6.07) is 7.68. The van der Waals surface area contributed by atoms with E-state index in [0.29, 0.717) is 0 Å². The first-order valence-electron chi connectivity index (χ1n) is 11.0. The predicted molar refractivity (Wildman–Crippen MR) is 117 cm³/mol. The van der Waals surface area contributed by atoms with Crippen LogP contribution < -0.4 is 20.4 Å². The lowest BCUT2D eigenvalue weighted by Crippen LogP contribution is -2.38. The molecular weight excluding hydrogens is 464 g/mol. The van der Waals surface area contributed by atoms with Crippen LogP contribution in [0.3, 0.4) is 0 Å². The highest BCUT2D eigenvalue weighted by Gasteiger charge is 2.43. The number of urea groups is 1. The van der Waals surface area contributed by atoms with Crippen LogP contribution in [0.2, 0.25) is 0 Å². The van der Waals surface area contributed by atoms with Crippen molar-refractivity contribution in [2.75, 3.05) is 36.0 Å². The molecule has 10 nitrogen and oxygen atoms in total. The lowest BCUT2D eigenvalue weighted by molar-refractivity contribution is 0.0558. The summed E-state index contributed by atoms with van der Waals surface area (Å²) in [5, 5.41) is 5.41. The maximum absolute atomic E-state index is 15.0. The first-order chi connectivity index (χ1) is 16.8. The Balaban J connectivity index is 1.17. The first kappa shape index (κ1) is 21.3. The maximum atomic E-state index is 15.0. The van der Waals surface area contributed by atoms with Gasteiger partial charge in [-0.1, -0.05) is 12.1 Å². The normalized spacial score (nSPS) is 25.1. The van der Waals surface area contributed by atoms with Gasteiger partial charge >= 0.3 is 12.1 Å². The monoisotopic (exact) mass is 483 g/mol. The number of benzene rings is 2. The number of ether oxygens (including phenoxy) is 1. The molecule has 12 heteroatoms. The van der Waals surface area contributed by atoms with Crippen molar-refractivity contribution in [2.45, 2.75) is 18.2 Å². The standard InChI is InChI=1S/C23H19F2N5O5/c24-15-5-11(6-16(25)19(15)28-9-17-18(10-28)27-22(33)26-17)29-7-12(35-23(29)34)8-30-20(31)13-3-1-2-4-14(13)21(30)32/h1-6,12,17-18H,7-10H2,(H2,26,27,33)/t12-,17?,18?/m1/s1. The van der Waals surface area contributed by atoms with Crippen molar-refractivity contribution in [1.29, 1.82) is 0 Å². The van der Waals surface area contributed by atoms with Crippen molar-refractivity contribution in [1.82, 2.24) is 15.5 Å². The molecule has 35 heavy (non-hydrogen) atoms. The van der Waals surface area contributed by atoms with Gasteiger partial charge in [0.1, 0.15) is 11.8 Å². The fourth-order valence-electron chi connectivity index (χ4n) is 5.10. The van der Waals surface area contributed by atoms with Gasteiger partial charge in [-0.2, -0.15) is 0 Å². The van der Waals surface area contributed by atoms with Crippen LogP contribution in [0.5, 0.6) is 0 Å². The number of hydrogen-bond acceptors (Lipinski definition) is 6. The van der Waals surface area contributed by atoms with Gasteiger partial charge in [-0.25, -0.2) is 18.4 Å². The van der Waals surface area contributed by atoms with Crippen LogP contribution in [-0.4, -0.2) is 73.2 Å². The molecule has 4 heterocycles. The molecule has 5 amide bonds. The highest BCUT2D eigenvalue weighted by molar-refractivity contribution is 6.21. The van der Waals surface area contributed by atoms with E-state index in [1.807, 2.05) is 0 Å². The minimum Gasteiger partial charge on any atom is -0.442 e. The van der Waals surface area contributed by atoms with E-state index in [0.717, 1.165) is 21.9 Å². The molecule has 6 rings (SSSR count). The minimum absolute atomic E-state index is 0.0376.